The number of benzene rings is 2. The predicted octanol–water partition coefficient (Wildman–Crippen LogP) is 6.32. The van der Waals surface area contributed by atoms with Gasteiger partial charge in [0.2, 0.25) is 0 Å². The van der Waals surface area contributed by atoms with E-state index in [4.69, 9.17) is 11.6 Å². The maximum absolute atomic E-state index is 6.60. The van der Waals surface area contributed by atoms with Gasteiger partial charge < -0.3 is 0 Å². The number of hydrogen-bond acceptors (Lipinski definition) is 0. The monoisotopic (exact) mass is 324 g/mol. The minimum Gasteiger partial charge on any atom is -0.118 e. The highest BCUT2D eigenvalue weighted by Gasteiger charge is 2.15. The molecule has 0 saturated carbocycles. The summed E-state index contributed by atoms with van der Waals surface area (Å²) in [5, 5.41) is 2.60. The van der Waals surface area contributed by atoms with Crippen molar-refractivity contribution in [2.45, 2.75) is 32.1 Å². The third-order valence-electron chi connectivity index (χ3n) is 3.55. The first-order valence-corrected chi connectivity index (χ1v) is 7.67. The van der Waals surface area contributed by atoms with Crippen molar-refractivity contribution in [3.8, 4) is 0 Å². The lowest BCUT2D eigenvalue weighted by molar-refractivity contribution is 0.509. The first kappa shape index (κ1) is 13.9. The molecule has 0 fully saturated rings. The summed E-state index contributed by atoms with van der Waals surface area (Å²) in [6, 6.07) is 12.7. The molecular formula is C16H18BrCl. The van der Waals surface area contributed by atoms with E-state index in [9.17, 15) is 0 Å². The van der Waals surface area contributed by atoms with E-state index in [-0.39, 0.29) is 5.38 Å². The number of alkyl halides is 1. The van der Waals surface area contributed by atoms with Crippen LogP contribution in [-0.2, 0) is 0 Å². The largest absolute Gasteiger partial charge is 0.118 e. The fourth-order valence-corrected chi connectivity index (χ4v) is 3.18. The molecule has 2 aromatic carbocycles. The van der Waals surface area contributed by atoms with E-state index < -0.39 is 0 Å². The van der Waals surface area contributed by atoms with Crippen LogP contribution in [0.2, 0.25) is 0 Å². The van der Waals surface area contributed by atoms with E-state index >= 15 is 0 Å². The molecule has 0 bridgehead atoms. The van der Waals surface area contributed by atoms with Crippen LogP contribution in [0.4, 0.5) is 0 Å². The fraction of sp³-hybridized carbons (Fsp3) is 0.375. The van der Waals surface area contributed by atoms with Crippen molar-refractivity contribution >= 4 is 38.3 Å². The summed E-state index contributed by atoms with van der Waals surface area (Å²) in [4.78, 5) is 0. The normalized spacial score (nSPS) is 14.7. The van der Waals surface area contributed by atoms with Crippen LogP contribution in [0.5, 0.6) is 0 Å². The molecule has 0 aliphatic rings. The maximum atomic E-state index is 6.60. The van der Waals surface area contributed by atoms with Gasteiger partial charge in [0.05, 0.1) is 5.38 Å². The Balaban J connectivity index is 2.42. The van der Waals surface area contributed by atoms with Crippen LogP contribution >= 0.6 is 27.5 Å². The second-order valence-electron chi connectivity index (χ2n) is 4.90. The van der Waals surface area contributed by atoms with E-state index in [0.717, 1.165) is 10.9 Å². The van der Waals surface area contributed by atoms with Crippen LogP contribution in [0.1, 0.15) is 37.6 Å². The van der Waals surface area contributed by atoms with E-state index in [2.05, 4.69) is 66.2 Å². The highest BCUT2D eigenvalue weighted by atomic mass is 79.9. The zero-order chi connectivity index (χ0) is 13.1. The molecular weight excluding hydrogens is 308 g/mol. The zero-order valence-electron chi connectivity index (χ0n) is 10.8. The Bertz CT molecular complexity index is 536. The van der Waals surface area contributed by atoms with Crippen molar-refractivity contribution in [3.05, 3.63) is 46.4 Å². The molecule has 0 saturated heterocycles. The molecule has 0 amide bonds. The molecule has 0 spiro atoms. The highest BCUT2D eigenvalue weighted by Crippen LogP contribution is 2.36. The number of rotatable bonds is 4. The van der Waals surface area contributed by atoms with E-state index in [0.29, 0.717) is 5.92 Å². The standard InChI is InChI=1S/C16H18BrCl/c1-3-11(2)10-16(18)14-8-9-15(17)13-7-5-4-6-12(13)14/h4-9,11,16H,3,10H2,1-2H3. The Kier molecular flexibility index (Phi) is 4.69. The number of fused-ring (bicyclic) bond motifs is 1. The molecule has 2 atom stereocenters. The van der Waals surface area contributed by atoms with Gasteiger partial charge in [-0.1, -0.05) is 66.5 Å². The number of halogens is 2. The minimum atomic E-state index is 0.0953. The molecule has 0 aliphatic heterocycles. The molecule has 2 aromatic rings. The lowest BCUT2D eigenvalue weighted by Gasteiger charge is -2.17. The molecule has 0 heterocycles. The average Bonchev–Trinajstić information content (AvgIpc) is 2.39. The second kappa shape index (κ2) is 6.08. The van der Waals surface area contributed by atoms with Crippen LogP contribution in [0.25, 0.3) is 10.8 Å². The minimum absolute atomic E-state index is 0.0953. The van der Waals surface area contributed by atoms with Crippen LogP contribution in [-0.4, -0.2) is 0 Å². The van der Waals surface area contributed by atoms with Crippen molar-refractivity contribution in [3.63, 3.8) is 0 Å². The Hall–Kier alpha value is -0.530. The van der Waals surface area contributed by atoms with Crippen molar-refractivity contribution < 1.29 is 0 Å². The third kappa shape index (κ3) is 2.89. The van der Waals surface area contributed by atoms with Crippen molar-refractivity contribution in [2.75, 3.05) is 0 Å². The molecule has 0 radical (unpaired) electrons. The third-order valence-corrected chi connectivity index (χ3v) is 4.65. The Labute approximate surface area is 122 Å². The van der Waals surface area contributed by atoms with Gasteiger partial charge in [-0.25, -0.2) is 0 Å². The molecule has 0 N–H and O–H groups in total. The SMILES string of the molecule is CCC(C)CC(Cl)c1ccc(Br)c2ccccc12. The summed E-state index contributed by atoms with van der Waals surface area (Å²) >= 11 is 10.2. The van der Waals surface area contributed by atoms with Gasteiger partial charge in [-0.15, -0.1) is 11.6 Å². The maximum Gasteiger partial charge on any atom is 0.0593 e. The second-order valence-corrected chi connectivity index (χ2v) is 6.28. The average molecular weight is 326 g/mol. The lowest BCUT2D eigenvalue weighted by Crippen LogP contribution is -2.00. The predicted molar refractivity (Wildman–Crippen MR) is 84.3 cm³/mol. The van der Waals surface area contributed by atoms with Gasteiger partial charge in [0.1, 0.15) is 0 Å². The molecule has 2 heteroatoms. The first-order chi connectivity index (χ1) is 8.63. The van der Waals surface area contributed by atoms with Gasteiger partial charge in [0, 0.05) is 4.47 Å². The molecule has 2 unspecified atom stereocenters. The summed E-state index contributed by atoms with van der Waals surface area (Å²) in [5.74, 6) is 0.662. The van der Waals surface area contributed by atoms with E-state index in [1.165, 1.54) is 22.8 Å². The molecule has 0 nitrogen and oxygen atoms in total. The Morgan fingerprint density at radius 3 is 2.44 bits per heavy atom. The number of hydrogen-bond donors (Lipinski definition) is 0. The van der Waals surface area contributed by atoms with Crippen LogP contribution < -0.4 is 0 Å². The van der Waals surface area contributed by atoms with Gasteiger partial charge in [-0.3, -0.25) is 0 Å². The summed E-state index contributed by atoms with van der Waals surface area (Å²) < 4.78 is 1.13. The van der Waals surface area contributed by atoms with Gasteiger partial charge in [0.15, 0.2) is 0 Å². The molecule has 0 aromatic heterocycles. The summed E-state index contributed by atoms with van der Waals surface area (Å²) in [6.45, 7) is 4.48. The first-order valence-electron chi connectivity index (χ1n) is 6.44. The molecule has 96 valence electrons. The Morgan fingerprint density at radius 1 is 1.11 bits per heavy atom. The van der Waals surface area contributed by atoms with Crippen molar-refractivity contribution in [2.24, 2.45) is 5.92 Å². The van der Waals surface area contributed by atoms with Crippen molar-refractivity contribution in [1.82, 2.24) is 0 Å². The van der Waals surface area contributed by atoms with Gasteiger partial charge in [-0.2, -0.15) is 0 Å². The molecule has 0 aliphatic carbocycles. The quantitative estimate of drug-likeness (QED) is 0.577. The lowest BCUT2D eigenvalue weighted by atomic mass is 9.95. The van der Waals surface area contributed by atoms with Gasteiger partial charge >= 0.3 is 0 Å². The van der Waals surface area contributed by atoms with Gasteiger partial charge in [-0.05, 0) is 34.7 Å². The summed E-state index contributed by atoms with van der Waals surface area (Å²) in [7, 11) is 0. The topological polar surface area (TPSA) is 0 Å². The highest BCUT2D eigenvalue weighted by molar-refractivity contribution is 9.10. The Morgan fingerprint density at radius 2 is 1.78 bits per heavy atom. The van der Waals surface area contributed by atoms with Crippen molar-refractivity contribution in [1.29, 1.82) is 0 Å². The molecule has 2 rings (SSSR count). The zero-order valence-corrected chi connectivity index (χ0v) is 13.1. The fourth-order valence-electron chi connectivity index (χ4n) is 2.21. The molecule has 18 heavy (non-hydrogen) atoms. The van der Waals surface area contributed by atoms with Gasteiger partial charge in [0.25, 0.3) is 0 Å². The van der Waals surface area contributed by atoms with Crippen LogP contribution in [0, 0.1) is 5.92 Å². The smallest absolute Gasteiger partial charge is 0.0593 e. The van der Waals surface area contributed by atoms with E-state index in [1.807, 2.05) is 0 Å². The summed E-state index contributed by atoms with van der Waals surface area (Å²) in [6.07, 6.45) is 2.21. The summed E-state index contributed by atoms with van der Waals surface area (Å²) in [5.41, 5.74) is 1.25. The van der Waals surface area contributed by atoms with Crippen LogP contribution in [0.15, 0.2) is 40.9 Å². The van der Waals surface area contributed by atoms with E-state index in [1.54, 1.807) is 0 Å². The van der Waals surface area contributed by atoms with Crippen LogP contribution in [0.3, 0.4) is 0 Å².